The van der Waals surface area contributed by atoms with Crippen LogP contribution < -0.4 is 10.5 Å². The minimum atomic E-state index is -4.66. The van der Waals surface area contributed by atoms with Crippen LogP contribution in [0.4, 0.5) is 13.2 Å². The van der Waals surface area contributed by atoms with Gasteiger partial charge >= 0.3 is 6.36 Å². The maximum Gasteiger partial charge on any atom is 0.573 e. The van der Waals surface area contributed by atoms with Crippen LogP contribution in [0.1, 0.15) is 11.1 Å². The molecular formula is C14H14F3NOS. The molecule has 1 aromatic heterocycles. The zero-order chi connectivity index (χ0) is 14.6. The Kier molecular flexibility index (Phi) is 4.67. The summed E-state index contributed by atoms with van der Waals surface area (Å²) in [4.78, 5) is 0. The number of hydrogen-bond acceptors (Lipinski definition) is 3. The van der Waals surface area contributed by atoms with Crippen molar-refractivity contribution in [3.8, 4) is 5.75 Å². The normalized spacial score (nSPS) is 13.2. The average Bonchev–Trinajstić information content (AvgIpc) is 2.82. The number of halogens is 3. The summed E-state index contributed by atoms with van der Waals surface area (Å²) >= 11 is 1.62. The van der Waals surface area contributed by atoms with E-state index in [0.29, 0.717) is 6.42 Å². The average molecular weight is 301 g/mol. The van der Waals surface area contributed by atoms with E-state index in [2.05, 4.69) is 4.74 Å². The first kappa shape index (κ1) is 14.9. The van der Waals surface area contributed by atoms with Crippen LogP contribution >= 0.6 is 11.3 Å². The molecule has 2 rings (SSSR count). The summed E-state index contributed by atoms with van der Waals surface area (Å²) in [6.07, 6.45) is -3.29. The first-order chi connectivity index (χ1) is 9.42. The lowest BCUT2D eigenvalue weighted by Crippen LogP contribution is -2.25. The van der Waals surface area contributed by atoms with Gasteiger partial charge in [-0.3, -0.25) is 0 Å². The van der Waals surface area contributed by atoms with Crippen molar-refractivity contribution >= 4 is 11.3 Å². The fourth-order valence-corrected chi connectivity index (χ4v) is 2.60. The van der Waals surface area contributed by atoms with Gasteiger partial charge in [0.1, 0.15) is 5.75 Å². The molecule has 0 amide bonds. The predicted octanol–water partition coefficient (Wildman–Crippen LogP) is 3.76. The van der Waals surface area contributed by atoms with E-state index < -0.39 is 6.36 Å². The molecule has 2 nitrogen and oxygen atoms in total. The van der Waals surface area contributed by atoms with Crippen molar-refractivity contribution in [2.45, 2.75) is 25.2 Å². The van der Waals surface area contributed by atoms with Gasteiger partial charge in [-0.1, -0.05) is 12.1 Å². The minimum absolute atomic E-state index is 0.0565. The third-order valence-corrected chi connectivity index (χ3v) is 3.46. The van der Waals surface area contributed by atoms with E-state index in [1.54, 1.807) is 23.5 Å². The zero-order valence-corrected chi connectivity index (χ0v) is 11.4. The van der Waals surface area contributed by atoms with Gasteiger partial charge in [-0.2, -0.15) is 11.3 Å². The highest BCUT2D eigenvalue weighted by molar-refractivity contribution is 7.07. The molecule has 108 valence electrons. The van der Waals surface area contributed by atoms with Crippen LogP contribution in [0.15, 0.2) is 41.1 Å². The van der Waals surface area contributed by atoms with Gasteiger partial charge < -0.3 is 10.5 Å². The maximum atomic E-state index is 12.0. The minimum Gasteiger partial charge on any atom is -0.406 e. The number of rotatable bonds is 5. The first-order valence-corrected chi connectivity index (χ1v) is 6.98. The highest BCUT2D eigenvalue weighted by atomic mass is 32.1. The first-order valence-electron chi connectivity index (χ1n) is 6.04. The summed E-state index contributed by atoms with van der Waals surface area (Å²) in [7, 11) is 0. The molecule has 0 radical (unpaired) electrons. The fourth-order valence-electron chi connectivity index (χ4n) is 1.91. The Bertz CT molecular complexity index is 522. The van der Waals surface area contributed by atoms with Gasteiger partial charge in [0.15, 0.2) is 0 Å². The summed E-state index contributed by atoms with van der Waals surface area (Å²) in [5, 5.41) is 4.03. The number of benzene rings is 1. The predicted molar refractivity (Wildman–Crippen MR) is 72.8 cm³/mol. The Morgan fingerprint density at radius 1 is 1.05 bits per heavy atom. The van der Waals surface area contributed by atoms with E-state index in [4.69, 9.17) is 5.73 Å². The molecule has 1 unspecified atom stereocenters. The second-order valence-corrected chi connectivity index (χ2v) is 5.27. The van der Waals surface area contributed by atoms with E-state index in [1.165, 1.54) is 17.7 Å². The smallest absolute Gasteiger partial charge is 0.406 e. The Balaban J connectivity index is 1.90. The topological polar surface area (TPSA) is 35.2 Å². The Hall–Kier alpha value is -1.53. The molecule has 2 N–H and O–H groups in total. The highest BCUT2D eigenvalue weighted by Gasteiger charge is 2.30. The summed E-state index contributed by atoms with van der Waals surface area (Å²) in [5.41, 5.74) is 8.10. The lowest BCUT2D eigenvalue weighted by molar-refractivity contribution is -0.274. The van der Waals surface area contributed by atoms with Gasteiger partial charge in [0.25, 0.3) is 0 Å². The molecule has 20 heavy (non-hydrogen) atoms. The molecule has 0 aliphatic carbocycles. The summed E-state index contributed by atoms with van der Waals surface area (Å²) in [6, 6.07) is 7.78. The van der Waals surface area contributed by atoms with Crippen LogP contribution in [-0.2, 0) is 12.8 Å². The SMILES string of the molecule is NC(Cc1ccc(OC(F)(F)F)cc1)Cc1ccsc1. The van der Waals surface area contributed by atoms with Crippen LogP contribution in [0, 0.1) is 0 Å². The van der Waals surface area contributed by atoms with Crippen LogP contribution in [0.5, 0.6) is 5.75 Å². The molecule has 6 heteroatoms. The van der Waals surface area contributed by atoms with Gasteiger partial charge in [0.2, 0.25) is 0 Å². The van der Waals surface area contributed by atoms with Crippen molar-refractivity contribution in [3.05, 3.63) is 52.2 Å². The number of hydrogen-bond donors (Lipinski definition) is 1. The molecule has 1 heterocycles. The Labute approximate surface area is 119 Å². The second kappa shape index (κ2) is 6.28. The standard InChI is InChI=1S/C14H14F3NOS/c15-14(16,17)19-13-3-1-10(2-4-13)7-12(18)8-11-5-6-20-9-11/h1-6,9,12H,7-8,18H2. The van der Waals surface area contributed by atoms with Gasteiger partial charge in [-0.15, -0.1) is 13.2 Å². The van der Waals surface area contributed by atoms with Gasteiger partial charge in [0.05, 0.1) is 0 Å². The molecule has 0 fully saturated rings. The molecule has 0 bridgehead atoms. The van der Waals surface area contributed by atoms with Crippen molar-refractivity contribution in [1.29, 1.82) is 0 Å². The lowest BCUT2D eigenvalue weighted by Gasteiger charge is -2.12. The van der Waals surface area contributed by atoms with Crippen LogP contribution in [0.25, 0.3) is 0 Å². The van der Waals surface area contributed by atoms with Crippen molar-refractivity contribution in [2.24, 2.45) is 5.73 Å². The van der Waals surface area contributed by atoms with E-state index in [-0.39, 0.29) is 11.8 Å². The molecular weight excluding hydrogens is 287 g/mol. The van der Waals surface area contributed by atoms with Crippen LogP contribution in [-0.4, -0.2) is 12.4 Å². The lowest BCUT2D eigenvalue weighted by atomic mass is 10.0. The van der Waals surface area contributed by atoms with Crippen LogP contribution in [0.2, 0.25) is 0 Å². The number of ether oxygens (including phenoxy) is 1. The molecule has 2 aromatic rings. The van der Waals surface area contributed by atoms with E-state index in [9.17, 15) is 13.2 Å². The van der Waals surface area contributed by atoms with E-state index in [1.807, 2.05) is 16.8 Å². The zero-order valence-electron chi connectivity index (χ0n) is 10.6. The third kappa shape index (κ3) is 4.86. The maximum absolute atomic E-state index is 12.0. The Morgan fingerprint density at radius 2 is 1.70 bits per heavy atom. The van der Waals surface area contributed by atoms with E-state index >= 15 is 0 Å². The number of nitrogens with two attached hydrogens (primary N) is 1. The molecule has 1 atom stereocenters. The molecule has 0 saturated heterocycles. The highest BCUT2D eigenvalue weighted by Crippen LogP contribution is 2.23. The molecule has 0 spiro atoms. The summed E-state index contributed by atoms with van der Waals surface area (Å²) < 4.78 is 39.9. The molecule has 0 saturated carbocycles. The Morgan fingerprint density at radius 3 is 2.25 bits per heavy atom. The van der Waals surface area contributed by atoms with Gasteiger partial charge in [-0.05, 0) is 52.9 Å². The fraction of sp³-hybridized carbons (Fsp3) is 0.286. The molecule has 0 aliphatic heterocycles. The quantitative estimate of drug-likeness (QED) is 0.912. The van der Waals surface area contributed by atoms with Crippen molar-refractivity contribution in [3.63, 3.8) is 0 Å². The van der Waals surface area contributed by atoms with Crippen LogP contribution in [0.3, 0.4) is 0 Å². The number of alkyl halides is 3. The summed E-state index contributed by atoms with van der Waals surface area (Å²) in [6.45, 7) is 0. The monoisotopic (exact) mass is 301 g/mol. The molecule has 1 aromatic carbocycles. The number of thiophene rings is 1. The second-order valence-electron chi connectivity index (χ2n) is 4.49. The van der Waals surface area contributed by atoms with Crippen molar-refractivity contribution in [2.75, 3.05) is 0 Å². The van der Waals surface area contributed by atoms with E-state index in [0.717, 1.165) is 12.0 Å². The van der Waals surface area contributed by atoms with Crippen molar-refractivity contribution < 1.29 is 17.9 Å². The summed E-state index contributed by atoms with van der Waals surface area (Å²) in [5.74, 6) is -0.215. The molecule has 0 aliphatic rings. The van der Waals surface area contributed by atoms with Gasteiger partial charge in [-0.25, -0.2) is 0 Å². The third-order valence-electron chi connectivity index (χ3n) is 2.73. The van der Waals surface area contributed by atoms with Crippen molar-refractivity contribution in [1.82, 2.24) is 0 Å². The van der Waals surface area contributed by atoms with Gasteiger partial charge in [0, 0.05) is 6.04 Å². The largest absolute Gasteiger partial charge is 0.573 e.